The van der Waals surface area contributed by atoms with E-state index in [4.69, 9.17) is 11.0 Å². The molecule has 1 aromatic carbocycles. The van der Waals surface area contributed by atoms with Gasteiger partial charge in [0.05, 0.1) is 11.4 Å². The highest BCUT2D eigenvalue weighted by atomic mass is 79.9. The largest absolute Gasteiger partial charge is 0.396 e. The summed E-state index contributed by atoms with van der Waals surface area (Å²) in [5, 5.41) is 11.6. The summed E-state index contributed by atoms with van der Waals surface area (Å²) >= 11 is 3.25. The number of nitrogens with zero attached hydrogens (tertiary/aromatic N) is 2. The van der Waals surface area contributed by atoms with Gasteiger partial charge in [-0.15, -0.1) is 0 Å². The molecule has 0 saturated heterocycles. The number of hydrogen-bond acceptors (Lipinski definition) is 4. The molecule has 2 aromatic rings. The number of nitrogens with two attached hydrogens (primary N) is 1. The van der Waals surface area contributed by atoms with E-state index in [2.05, 4.69) is 26.2 Å². The smallest absolute Gasteiger partial charge is 0.165 e. The van der Waals surface area contributed by atoms with Crippen molar-refractivity contribution in [1.82, 2.24) is 4.98 Å². The molecule has 1 aromatic heterocycles. The molecule has 0 unspecified atom stereocenters. The standard InChI is InChI=1S/C12H8BrFN4/c13-7-1-2-8(14)10(5-7)17-12-4-3-9(16)11(6-15)18-12/h1-5H,16H2,(H,17,18). The predicted octanol–water partition coefficient (Wildman–Crippen LogP) is 3.18. The Bertz CT molecular complexity index is 636. The van der Waals surface area contributed by atoms with Gasteiger partial charge in [-0.1, -0.05) is 15.9 Å². The van der Waals surface area contributed by atoms with Gasteiger partial charge in [0.15, 0.2) is 5.69 Å². The van der Waals surface area contributed by atoms with E-state index in [1.165, 1.54) is 6.07 Å². The Morgan fingerprint density at radius 2 is 2.11 bits per heavy atom. The fraction of sp³-hybridized carbons (Fsp3) is 0. The van der Waals surface area contributed by atoms with Crippen LogP contribution in [0.4, 0.5) is 21.6 Å². The van der Waals surface area contributed by atoms with Crippen LogP contribution < -0.4 is 11.1 Å². The molecule has 4 nitrogen and oxygen atoms in total. The van der Waals surface area contributed by atoms with Gasteiger partial charge in [-0.2, -0.15) is 5.26 Å². The minimum absolute atomic E-state index is 0.107. The molecule has 1 heterocycles. The molecule has 0 aliphatic rings. The molecule has 0 fully saturated rings. The van der Waals surface area contributed by atoms with Crippen molar-refractivity contribution in [1.29, 1.82) is 5.26 Å². The third kappa shape index (κ3) is 2.57. The third-order valence-electron chi connectivity index (χ3n) is 2.22. The van der Waals surface area contributed by atoms with Gasteiger partial charge in [0, 0.05) is 4.47 Å². The summed E-state index contributed by atoms with van der Waals surface area (Å²) in [4.78, 5) is 3.98. The molecule has 0 bridgehead atoms. The van der Waals surface area contributed by atoms with Gasteiger partial charge < -0.3 is 11.1 Å². The normalized spacial score (nSPS) is 9.83. The van der Waals surface area contributed by atoms with Crippen molar-refractivity contribution >= 4 is 33.1 Å². The van der Waals surface area contributed by atoms with Crippen LogP contribution in [0.1, 0.15) is 5.69 Å². The first-order valence-electron chi connectivity index (χ1n) is 4.99. The number of hydrogen-bond donors (Lipinski definition) is 2. The molecule has 0 spiro atoms. The monoisotopic (exact) mass is 306 g/mol. The van der Waals surface area contributed by atoms with Crippen LogP contribution in [-0.2, 0) is 0 Å². The summed E-state index contributed by atoms with van der Waals surface area (Å²) in [7, 11) is 0. The van der Waals surface area contributed by atoms with Crippen LogP contribution in [-0.4, -0.2) is 4.98 Å². The molecule has 2 rings (SSSR count). The van der Waals surface area contributed by atoms with Gasteiger partial charge in [-0.25, -0.2) is 9.37 Å². The van der Waals surface area contributed by atoms with Crippen LogP contribution in [0.25, 0.3) is 0 Å². The average Bonchev–Trinajstić information content (AvgIpc) is 2.36. The second-order valence-corrected chi connectivity index (χ2v) is 4.41. The second-order valence-electron chi connectivity index (χ2n) is 3.50. The van der Waals surface area contributed by atoms with E-state index < -0.39 is 5.82 Å². The molecule has 18 heavy (non-hydrogen) atoms. The summed E-state index contributed by atoms with van der Waals surface area (Å²) in [5.74, 6) is -0.0481. The van der Waals surface area contributed by atoms with Crippen molar-refractivity contribution in [3.8, 4) is 6.07 Å². The van der Waals surface area contributed by atoms with Crippen molar-refractivity contribution in [2.24, 2.45) is 0 Å². The molecule has 0 radical (unpaired) electrons. The molecule has 6 heteroatoms. The minimum Gasteiger partial charge on any atom is -0.396 e. The number of nitrogens with one attached hydrogen (secondary N) is 1. The molecule has 0 aliphatic heterocycles. The number of pyridine rings is 1. The SMILES string of the molecule is N#Cc1nc(Nc2cc(Br)ccc2F)ccc1N. The maximum absolute atomic E-state index is 13.5. The summed E-state index contributed by atoms with van der Waals surface area (Å²) in [6.45, 7) is 0. The molecule has 90 valence electrons. The fourth-order valence-corrected chi connectivity index (χ4v) is 1.72. The number of aromatic nitrogens is 1. The van der Waals surface area contributed by atoms with Crippen molar-refractivity contribution in [3.63, 3.8) is 0 Å². The number of benzene rings is 1. The van der Waals surface area contributed by atoms with E-state index in [0.717, 1.165) is 4.47 Å². The van der Waals surface area contributed by atoms with E-state index in [1.807, 2.05) is 6.07 Å². The highest BCUT2D eigenvalue weighted by Crippen LogP contribution is 2.23. The zero-order valence-electron chi connectivity index (χ0n) is 9.11. The third-order valence-corrected chi connectivity index (χ3v) is 2.72. The van der Waals surface area contributed by atoms with Gasteiger partial charge in [0.25, 0.3) is 0 Å². The highest BCUT2D eigenvalue weighted by Gasteiger charge is 2.06. The summed E-state index contributed by atoms with van der Waals surface area (Å²) in [5.41, 5.74) is 6.22. The Balaban J connectivity index is 2.34. The zero-order valence-corrected chi connectivity index (χ0v) is 10.7. The maximum Gasteiger partial charge on any atom is 0.165 e. The average molecular weight is 307 g/mol. The molecular formula is C12H8BrFN4. The first-order valence-corrected chi connectivity index (χ1v) is 5.78. The van der Waals surface area contributed by atoms with Crippen molar-refractivity contribution in [2.75, 3.05) is 11.1 Å². The zero-order chi connectivity index (χ0) is 13.1. The van der Waals surface area contributed by atoms with Gasteiger partial charge in [0.1, 0.15) is 17.7 Å². The van der Waals surface area contributed by atoms with E-state index in [-0.39, 0.29) is 17.1 Å². The van der Waals surface area contributed by atoms with Crippen LogP contribution in [0.3, 0.4) is 0 Å². The lowest BCUT2D eigenvalue weighted by atomic mass is 10.3. The molecule has 0 saturated carbocycles. The Kier molecular flexibility index (Phi) is 3.44. The number of nitriles is 1. The van der Waals surface area contributed by atoms with Crippen LogP contribution in [0.15, 0.2) is 34.8 Å². The lowest BCUT2D eigenvalue weighted by molar-refractivity contribution is 0.631. The maximum atomic E-state index is 13.5. The number of halogens is 2. The number of anilines is 3. The Morgan fingerprint density at radius 1 is 1.33 bits per heavy atom. The highest BCUT2D eigenvalue weighted by molar-refractivity contribution is 9.10. The van der Waals surface area contributed by atoms with Crippen LogP contribution >= 0.6 is 15.9 Å². The van der Waals surface area contributed by atoms with Crippen molar-refractivity contribution in [3.05, 3.63) is 46.3 Å². The first kappa shape index (κ1) is 12.3. The molecule has 0 aliphatic carbocycles. The van der Waals surface area contributed by atoms with Crippen LogP contribution in [0.5, 0.6) is 0 Å². The first-order chi connectivity index (χ1) is 8.60. The second kappa shape index (κ2) is 5.02. The van der Waals surface area contributed by atoms with Gasteiger partial charge >= 0.3 is 0 Å². The summed E-state index contributed by atoms with van der Waals surface area (Å²) < 4.78 is 14.3. The van der Waals surface area contributed by atoms with Crippen LogP contribution in [0.2, 0.25) is 0 Å². The molecule has 0 atom stereocenters. The van der Waals surface area contributed by atoms with Crippen molar-refractivity contribution in [2.45, 2.75) is 0 Å². The topological polar surface area (TPSA) is 74.7 Å². The van der Waals surface area contributed by atoms with E-state index in [1.54, 1.807) is 24.3 Å². The van der Waals surface area contributed by atoms with E-state index in [9.17, 15) is 4.39 Å². The summed E-state index contributed by atoms with van der Waals surface area (Å²) in [6, 6.07) is 9.50. The van der Waals surface area contributed by atoms with E-state index >= 15 is 0 Å². The van der Waals surface area contributed by atoms with E-state index in [0.29, 0.717) is 5.82 Å². The Morgan fingerprint density at radius 3 is 2.83 bits per heavy atom. The quantitative estimate of drug-likeness (QED) is 0.893. The molecule has 0 amide bonds. The Labute approximate surface area is 111 Å². The number of rotatable bonds is 2. The lowest BCUT2D eigenvalue weighted by Gasteiger charge is -2.08. The Hall–Kier alpha value is -2.13. The van der Waals surface area contributed by atoms with Crippen LogP contribution in [0, 0.1) is 17.1 Å². The van der Waals surface area contributed by atoms with Gasteiger partial charge in [-0.3, -0.25) is 0 Å². The molecule has 3 N–H and O–H groups in total. The number of nitrogen functional groups attached to an aromatic ring is 1. The van der Waals surface area contributed by atoms with Crippen molar-refractivity contribution < 1.29 is 4.39 Å². The van der Waals surface area contributed by atoms with Gasteiger partial charge in [0.2, 0.25) is 0 Å². The fourth-order valence-electron chi connectivity index (χ4n) is 1.36. The minimum atomic E-state index is -0.407. The molecular weight excluding hydrogens is 299 g/mol. The lowest BCUT2D eigenvalue weighted by Crippen LogP contribution is -2.00. The van der Waals surface area contributed by atoms with Gasteiger partial charge in [-0.05, 0) is 30.3 Å². The summed E-state index contributed by atoms with van der Waals surface area (Å²) in [6.07, 6.45) is 0. The predicted molar refractivity (Wildman–Crippen MR) is 70.7 cm³/mol.